The summed E-state index contributed by atoms with van der Waals surface area (Å²) in [6.45, 7) is 4.28. The van der Waals surface area contributed by atoms with Gasteiger partial charge in [-0.3, -0.25) is 0 Å². The Morgan fingerprint density at radius 2 is 1.86 bits per heavy atom. The lowest BCUT2D eigenvalue weighted by molar-refractivity contribution is 0.906. The van der Waals surface area contributed by atoms with Gasteiger partial charge in [0, 0.05) is 15.8 Å². The zero-order chi connectivity index (χ0) is 10.7. The summed E-state index contributed by atoms with van der Waals surface area (Å²) in [6, 6.07) is 3.47. The molecule has 0 fully saturated rings. The number of anilines is 1. The Morgan fingerprint density at radius 1 is 1.36 bits per heavy atom. The van der Waals surface area contributed by atoms with E-state index in [1.165, 1.54) is 0 Å². The molecule has 0 bridgehead atoms. The smallest absolute Gasteiger partial charge is 0.0577 e. The van der Waals surface area contributed by atoms with Crippen molar-refractivity contribution in [1.29, 1.82) is 0 Å². The molecule has 78 valence electrons. The van der Waals surface area contributed by atoms with Gasteiger partial charge in [-0.15, -0.1) is 11.8 Å². The normalized spacial score (nSPS) is 12.9. The molecule has 1 atom stereocenters. The first-order chi connectivity index (χ1) is 6.54. The molecule has 0 spiro atoms. The van der Waals surface area contributed by atoms with Crippen LogP contribution in [-0.4, -0.2) is 5.25 Å². The lowest BCUT2D eigenvalue weighted by Crippen LogP contribution is -1.94. The average Bonchev–Trinajstić information content (AvgIpc) is 2.10. The second-order valence-corrected chi connectivity index (χ2v) is 5.41. The largest absolute Gasteiger partial charge is 0.399 e. The number of nitrogens with two attached hydrogens (primary N) is 1. The molecule has 0 aliphatic heterocycles. The van der Waals surface area contributed by atoms with Gasteiger partial charge in [-0.2, -0.15) is 0 Å². The third kappa shape index (κ3) is 2.97. The highest BCUT2D eigenvalue weighted by Crippen LogP contribution is 2.38. The van der Waals surface area contributed by atoms with Crippen molar-refractivity contribution < 1.29 is 0 Å². The first kappa shape index (κ1) is 12.0. The minimum Gasteiger partial charge on any atom is -0.399 e. The summed E-state index contributed by atoms with van der Waals surface area (Å²) in [5.74, 6) is 0. The van der Waals surface area contributed by atoms with Gasteiger partial charge in [0.05, 0.1) is 10.0 Å². The predicted molar refractivity (Wildman–Crippen MR) is 66.5 cm³/mol. The van der Waals surface area contributed by atoms with Crippen LogP contribution in [0, 0.1) is 0 Å². The van der Waals surface area contributed by atoms with Gasteiger partial charge in [-0.05, 0) is 18.6 Å². The Balaban J connectivity index is 2.96. The average molecular weight is 250 g/mol. The molecule has 1 rings (SSSR count). The van der Waals surface area contributed by atoms with Crippen molar-refractivity contribution in [3.63, 3.8) is 0 Å². The number of halogens is 2. The molecule has 0 aromatic heterocycles. The van der Waals surface area contributed by atoms with Crippen LogP contribution in [0.25, 0.3) is 0 Å². The molecule has 0 saturated carbocycles. The fraction of sp³-hybridized carbons (Fsp3) is 0.400. The number of hydrogen-bond donors (Lipinski definition) is 1. The summed E-state index contributed by atoms with van der Waals surface area (Å²) in [6.07, 6.45) is 1.09. The van der Waals surface area contributed by atoms with Gasteiger partial charge in [-0.1, -0.05) is 37.0 Å². The van der Waals surface area contributed by atoms with E-state index >= 15 is 0 Å². The summed E-state index contributed by atoms with van der Waals surface area (Å²) >= 11 is 13.8. The SMILES string of the molecule is CCC(C)Sc1c(Cl)cc(N)cc1Cl. The van der Waals surface area contributed by atoms with Crippen molar-refractivity contribution in [2.45, 2.75) is 30.4 Å². The van der Waals surface area contributed by atoms with E-state index in [-0.39, 0.29) is 0 Å². The Labute approximate surface area is 99.0 Å². The van der Waals surface area contributed by atoms with Gasteiger partial charge in [0.25, 0.3) is 0 Å². The van der Waals surface area contributed by atoms with Crippen LogP contribution in [0.5, 0.6) is 0 Å². The minimum atomic E-state index is 0.508. The molecule has 4 heteroatoms. The number of nitrogen functional groups attached to an aromatic ring is 1. The van der Waals surface area contributed by atoms with Gasteiger partial charge in [0.15, 0.2) is 0 Å². The highest BCUT2D eigenvalue weighted by molar-refractivity contribution is 8.00. The molecular formula is C10H13Cl2NS. The second-order valence-electron chi connectivity index (χ2n) is 3.15. The Morgan fingerprint density at radius 3 is 2.29 bits per heavy atom. The van der Waals surface area contributed by atoms with Crippen LogP contribution in [0.2, 0.25) is 10.0 Å². The second kappa shape index (κ2) is 5.15. The summed E-state index contributed by atoms with van der Waals surface area (Å²) in [5, 5.41) is 1.79. The van der Waals surface area contributed by atoms with Crippen molar-refractivity contribution >= 4 is 40.7 Å². The molecule has 2 N–H and O–H groups in total. The molecule has 1 aromatic rings. The van der Waals surface area contributed by atoms with E-state index in [1.54, 1.807) is 23.9 Å². The number of rotatable bonds is 3. The van der Waals surface area contributed by atoms with E-state index in [2.05, 4.69) is 13.8 Å². The molecule has 0 amide bonds. The number of thioether (sulfide) groups is 1. The topological polar surface area (TPSA) is 26.0 Å². The fourth-order valence-corrected chi connectivity index (χ4v) is 2.66. The van der Waals surface area contributed by atoms with Gasteiger partial charge < -0.3 is 5.73 Å². The molecule has 0 aliphatic rings. The van der Waals surface area contributed by atoms with Crippen LogP contribution in [0.1, 0.15) is 20.3 Å². The highest BCUT2D eigenvalue weighted by atomic mass is 35.5. The highest BCUT2D eigenvalue weighted by Gasteiger charge is 2.10. The standard InChI is InChI=1S/C10H13Cl2NS/c1-3-6(2)14-10-8(11)4-7(13)5-9(10)12/h4-6H,3,13H2,1-2H3. The maximum atomic E-state index is 6.05. The van der Waals surface area contributed by atoms with E-state index in [0.717, 1.165) is 11.3 Å². The Bertz CT molecular complexity index is 305. The Kier molecular flexibility index (Phi) is 4.42. The monoisotopic (exact) mass is 249 g/mol. The van der Waals surface area contributed by atoms with Crippen LogP contribution in [0.3, 0.4) is 0 Å². The summed E-state index contributed by atoms with van der Waals surface area (Å²) < 4.78 is 0. The quantitative estimate of drug-likeness (QED) is 0.632. The van der Waals surface area contributed by atoms with Gasteiger partial charge in [-0.25, -0.2) is 0 Å². The molecule has 0 saturated heterocycles. The first-order valence-corrected chi connectivity index (χ1v) is 6.09. The van der Waals surface area contributed by atoms with Crippen molar-refractivity contribution in [3.8, 4) is 0 Å². The third-order valence-corrected chi connectivity index (χ3v) is 4.15. The lowest BCUT2D eigenvalue weighted by atomic mass is 10.3. The summed E-state index contributed by atoms with van der Waals surface area (Å²) in [5.41, 5.74) is 6.22. The summed E-state index contributed by atoms with van der Waals surface area (Å²) in [7, 11) is 0. The molecule has 1 unspecified atom stereocenters. The minimum absolute atomic E-state index is 0.508. The van der Waals surface area contributed by atoms with E-state index in [1.807, 2.05) is 0 Å². The molecule has 0 heterocycles. The van der Waals surface area contributed by atoms with Crippen molar-refractivity contribution in [3.05, 3.63) is 22.2 Å². The van der Waals surface area contributed by atoms with E-state index < -0.39 is 0 Å². The predicted octanol–water partition coefficient (Wildman–Crippen LogP) is 4.47. The maximum Gasteiger partial charge on any atom is 0.0577 e. The van der Waals surface area contributed by atoms with Crippen molar-refractivity contribution in [2.75, 3.05) is 5.73 Å². The van der Waals surface area contributed by atoms with Crippen LogP contribution < -0.4 is 5.73 Å². The molecule has 1 nitrogen and oxygen atoms in total. The van der Waals surface area contributed by atoms with E-state index in [9.17, 15) is 0 Å². The van der Waals surface area contributed by atoms with Crippen LogP contribution >= 0.6 is 35.0 Å². The van der Waals surface area contributed by atoms with Crippen molar-refractivity contribution in [1.82, 2.24) is 0 Å². The van der Waals surface area contributed by atoms with Crippen LogP contribution in [0.15, 0.2) is 17.0 Å². The van der Waals surface area contributed by atoms with Gasteiger partial charge in [0.1, 0.15) is 0 Å². The molecule has 0 aliphatic carbocycles. The molecular weight excluding hydrogens is 237 g/mol. The first-order valence-electron chi connectivity index (χ1n) is 4.45. The van der Waals surface area contributed by atoms with E-state index in [0.29, 0.717) is 21.0 Å². The van der Waals surface area contributed by atoms with Crippen LogP contribution in [0.4, 0.5) is 5.69 Å². The fourth-order valence-electron chi connectivity index (χ4n) is 0.977. The molecule has 14 heavy (non-hydrogen) atoms. The third-order valence-electron chi connectivity index (χ3n) is 1.91. The number of benzene rings is 1. The Hall–Kier alpha value is -0.0500. The van der Waals surface area contributed by atoms with Crippen LogP contribution in [-0.2, 0) is 0 Å². The lowest BCUT2D eigenvalue weighted by Gasteiger charge is -2.11. The molecule has 1 aromatic carbocycles. The zero-order valence-corrected chi connectivity index (χ0v) is 10.5. The van der Waals surface area contributed by atoms with Gasteiger partial charge >= 0.3 is 0 Å². The van der Waals surface area contributed by atoms with Crippen molar-refractivity contribution in [2.24, 2.45) is 0 Å². The summed E-state index contributed by atoms with van der Waals surface area (Å²) in [4.78, 5) is 0.928. The maximum absolute atomic E-state index is 6.05. The molecule has 0 radical (unpaired) electrons. The van der Waals surface area contributed by atoms with Gasteiger partial charge in [0.2, 0.25) is 0 Å². The zero-order valence-electron chi connectivity index (χ0n) is 8.18. The van der Waals surface area contributed by atoms with E-state index in [4.69, 9.17) is 28.9 Å². The number of hydrogen-bond acceptors (Lipinski definition) is 2.